The van der Waals surface area contributed by atoms with Crippen molar-refractivity contribution in [2.45, 2.75) is 25.4 Å². The number of hydrogen-bond acceptors (Lipinski definition) is 3. The van der Waals surface area contributed by atoms with Crippen molar-refractivity contribution in [1.82, 2.24) is 0 Å². The first-order chi connectivity index (χ1) is 8.65. The van der Waals surface area contributed by atoms with Gasteiger partial charge in [-0.25, -0.2) is 9.59 Å². The van der Waals surface area contributed by atoms with Gasteiger partial charge in [0.1, 0.15) is 6.10 Å². The van der Waals surface area contributed by atoms with Gasteiger partial charge in [0.15, 0.2) is 0 Å². The van der Waals surface area contributed by atoms with Crippen LogP contribution in [0, 0.1) is 23.7 Å². The number of allylic oxidation sites excluding steroid dienone is 2. The minimum atomic E-state index is -1.13. The summed E-state index contributed by atoms with van der Waals surface area (Å²) >= 11 is 0. The van der Waals surface area contributed by atoms with Crippen LogP contribution >= 0.6 is 0 Å². The summed E-state index contributed by atoms with van der Waals surface area (Å²) in [7, 11) is 0. The molecule has 2 bridgehead atoms. The molecule has 3 aliphatic carbocycles. The second-order valence-electron chi connectivity index (χ2n) is 5.45. The zero-order valence-corrected chi connectivity index (χ0v) is 9.99. The molecule has 5 atom stereocenters. The van der Waals surface area contributed by atoms with E-state index in [0.29, 0.717) is 17.8 Å². The minimum Gasteiger partial charge on any atom is -0.478 e. The molecule has 2 saturated carbocycles. The van der Waals surface area contributed by atoms with Crippen molar-refractivity contribution in [3.63, 3.8) is 0 Å². The van der Waals surface area contributed by atoms with Crippen LogP contribution in [0.4, 0.5) is 0 Å². The summed E-state index contributed by atoms with van der Waals surface area (Å²) in [6.45, 7) is 0. The highest BCUT2D eigenvalue weighted by Gasteiger charge is 2.53. The Morgan fingerprint density at radius 3 is 2.83 bits per heavy atom. The SMILES string of the molecule is O=C(O)/C=C\C(=O)OC1CC2CC1C1C=CCC21. The maximum Gasteiger partial charge on any atom is 0.331 e. The topological polar surface area (TPSA) is 63.6 Å². The molecule has 3 rings (SSSR count). The van der Waals surface area contributed by atoms with Crippen molar-refractivity contribution < 1.29 is 19.4 Å². The molecule has 0 spiro atoms. The zero-order valence-electron chi connectivity index (χ0n) is 9.99. The Labute approximate surface area is 105 Å². The van der Waals surface area contributed by atoms with Gasteiger partial charge in [-0.2, -0.15) is 0 Å². The molecular weight excluding hydrogens is 232 g/mol. The number of carbonyl (C=O) groups excluding carboxylic acids is 1. The number of aliphatic carboxylic acids is 1. The van der Waals surface area contributed by atoms with Gasteiger partial charge in [-0.1, -0.05) is 12.2 Å². The fourth-order valence-electron chi connectivity index (χ4n) is 3.95. The van der Waals surface area contributed by atoms with Gasteiger partial charge in [-0.3, -0.25) is 0 Å². The van der Waals surface area contributed by atoms with Crippen molar-refractivity contribution >= 4 is 11.9 Å². The number of carbonyl (C=O) groups is 2. The van der Waals surface area contributed by atoms with E-state index in [1.165, 1.54) is 6.42 Å². The Balaban J connectivity index is 1.61. The number of esters is 1. The second-order valence-corrected chi connectivity index (χ2v) is 5.45. The molecule has 5 unspecified atom stereocenters. The molecule has 1 N–H and O–H groups in total. The monoisotopic (exact) mass is 248 g/mol. The summed E-state index contributed by atoms with van der Waals surface area (Å²) in [5.74, 6) is 0.800. The largest absolute Gasteiger partial charge is 0.478 e. The van der Waals surface area contributed by atoms with E-state index in [0.717, 1.165) is 30.9 Å². The summed E-state index contributed by atoms with van der Waals surface area (Å²) in [4.78, 5) is 21.8. The Morgan fingerprint density at radius 1 is 1.22 bits per heavy atom. The standard InChI is InChI=1S/C14H16O4/c15-13(16)4-5-14(17)18-12-7-8-6-11(12)10-3-1-2-9(8)10/h1,3-5,8-12H,2,6-7H2,(H,15,16)/b5-4-. The van der Waals surface area contributed by atoms with Gasteiger partial charge in [0.05, 0.1) is 0 Å². The average Bonchev–Trinajstić information content (AvgIpc) is 2.97. The second kappa shape index (κ2) is 4.26. The molecule has 18 heavy (non-hydrogen) atoms. The van der Waals surface area contributed by atoms with Crippen molar-refractivity contribution in [1.29, 1.82) is 0 Å². The molecule has 0 heterocycles. The van der Waals surface area contributed by atoms with E-state index in [2.05, 4.69) is 12.2 Å². The molecule has 0 aromatic rings. The third-order valence-corrected chi connectivity index (χ3v) is 4.58. The predicted octanol–water partition coefficient (Wildman–Crippen LogP) is 1.77. The van der Waals surface area contributed by atoms with E-state index < -0.39 is 11.9 Å². The van der Waals surface area contributed by atoms with Crippen LogP contribution in [-0.2, 0) is 14.3 Å². The van der Waals surface area contributed by atoms with E-state index in [4.69, 9.17) is 9.84 Å². The van der Waals surface area contributed by atoms with Gasteiger partial charge in [0.25, 0.3) is 0 Å². The van der Waals surface area contributed by atoms with Gasteiger partial charge in [0.2, 0.25) is 0 Å². The lowest BCUT2D eigenvalue weighted by molar-refractivity contribution is -0.147. The summed E-state index contributed by atoms with van der Waals surface area (Å²) in [6, 6.07) is 0. The van der Waals surface area contributed by atoms with Gasteiger partial charge in [-0.15, -0.1) is 0 Å². The Bertz CT molecular complexity index is 437. The molecule has 0 aromatic carbocycles. The van der Waals surface area contributed by atoms with Crippen molar-refractivity contribution in [2.75, 3.05) is 0 Å². The van der Waals surface area contributed by atoms with Crippen LogP contribution in [0.1, 0.15) is 19.3 Å². The van der Waals surface area contributed by atoms with E-state index in [-0.39, 0.29) is 6.10 Å². The normalized spacial score (nSPS) is 40.3. The average molecular weight is 248 g/mol. The lowest BCUT2D eigenvalue weighted by atomic mass is 9.80. The molecule has 3 aliphatic rings. The van der Waals surface area contributed by atoms with Crippen molar-refractivity contribution in [2.24, 2.45) is 23.7 Å². The first kappa shape index (κ1) is 11.5. The smallest absolute Gasteiger partial charge is 0.331 e. The fourth-order valence-corrected chi connectivity index (χ4v) is 3.95. The number of hydrogen-bond donors (Lipinski definition) is 1. The predicted molar refractivity (Wildman–Crippen MR) is 63.6 cm³/mol. The molecule has 0 radical (unpaired) electrons. The summed E-state index contributed by atoms with van der Waals surface area (Å²) in [5.41, 5.74) is 0. The fraction of sp³-hybridized carbons (Fsp3) is 0.571. The van der Waals surface area contributed by atoms with Crippen molar-refractivity contribution in [3.8, 4) is 0 Å². The summed E-state index contributed by atoms with van der Waals surface area (Å²) < 4.78 is 5.38. The number of carboxylic acid groups (broad SMARTS) is 1. The molecular formula is C14H16O4. The van der Waals surface area contributed by atoms with Crippen LogP contribution in [0.15, 0.2) is 24.3 Å². The number of ether oxygens (including phenoxy) is 1. The zero-order chi connectivity index (χ0) is 12.7. The number of carboxylic acids is 1. The van der Waals surface area contributed by atoms with E-state index in [1.807, 2.05) is 0 Å². The van der Waals surface area contributed by atoms with Gasteiger partial charge >= 0.3 is 11.9 Å². The van der Waals surface area contributed by atoms with E-state index in [1.54, 1.807) is 0 Å². The third-order valence-electron chi connectivity index (χ3n) is 4.58. The molecule has 0 saturated heterocycles. The van der Waals surface area contributed by atoms with E-state index >= 15 is 0 Å². The summed E-state index contributed by atoms with van der Waals surface area (Å²) in [5, 5.41) is 8.45. The molecule has 4 heteroatoms. The molecule has 0 amide bonds. The highest BCUT2D eigenvalue weighted by Crippen LogP contribution is 2.57. The van der Waals surface area contributed by atoms with Crippen LogP contribution in [-0.4, -0.2) is 23.1 Å². The van der Waals surface area contributed by atoms with Gasteiger partial charge in [0, 0.05) is 18.1 Å². The maximum absolute atomic E-state index is 11.5. The molecule has 0 aromatic heterocycles. The number of fused-ring (bicyclic) bond motifs is 5. The van der Waals surface area contributed by atoms with Crippen LogP contribution in [0.3, 0.4) is 0 Å². The molecule has 4 nitrogen and oxygen atoms in total. The Morgan fingerprint density at radius 2 is 2.06 bits per heavy atom. The lowest BCUT2D eigenvalue weighted by Gasteiger charge is -2.30. The first-order valence-electron chi connectivity index (χ1n) is 6.43. The third kappa shape index (κ3) is 1.85. The highest BCUT2D eigenvalue weighted by atomic mass is 16.5. The lowest BCUT2D eigenvalue weighted by Crippen LogP contribution is -2.31. The minimum absolute atomic E-state index is 0.0232. The molecule has 2 fully saturated rings. The molecule has 0 aliphatic heterocycles. The summed E-state index contributed by atoms with van der Waals surface area (Å²) in [6.07, 6.45) is 9.58. The maximum atomic E-state index is 11.5. The Hall–Kier alpha value is -1.58. The Kier molecular flexibility index (Phi) is 2.73. The van der Waals surface area contributed by atoms with Crippen LogP contribution < -0.4 is 0 Å². The quantitative estimate of drug-likeness (QED) is 0.469. The number of rotatable bonds is 3. The van der Waals surface area contributed by atoms with Crippen LogP contribution in [0.25, 0.3) is 0 Å². The molecule has 96 valence electrons. The van der Waals surface area contributed by atoms with Gasteiger partial charge in [-0.05, 0) is 37.0 Å². The van der Waals surface area contributed by atoms with Crippen LogP contribution in [0.5, 0.6) is 0 Å². The highest BCUT2D eigenvalue weighted by molar-refractivity contribution is 5.90. The van der Waals surface area contributed by atoms with Gasteiger partial charge < -0.3 is 9.84 Å². The van der Waals surface area contributed by atoms with Crippen LogP contribution in [0.2, 0.25) is 0 Å². The van der Waals surface area contributed by atoms with E-state index in [9.17, 15) is 9.59 Å². The van der Waals surface area contributed by atoms with Crippen molar-refractivity contribution in [3.05, 3.63) is 24.3 Å². The first-order valence-corrected chi connectivity index (χ1v) is 6.43.